The Hall–Kier alpha value is -1.62. The molecule has 4 rings (SSSR count). The Bertz CT molecular complexity index is 577. The normalized spacial score (nSPS) is 22.4. The fourth-order valence-corrected chi connectivity index (χ4v) is 3.42. The molecule has 0 atom stereocenters. The molecule has 1 aliphatic carbocycles. The third-order valence-electron chi connectivity index (χ3n) is 4.94. The van der Waals surface area contributed by atoms with Crippen molar-refractivity contribution in [2.75, 3.05) is 38.3 Å². The SMILES string of the molecule is CN1Cc2c(cc(N3CCOCC3)nc2C2CCC2)C1=O. The largest absolute Gasteiger partial charge is 0.378 e. The van der Waals surface area contributed by atoms with Crippen LogP contribution < -0.4 is 4.90 Å². The van der Waals surface area contributed by atoms with E-state index in [0.717, 1.165) is 44.2 Å². The van der Waals surface area contributed by atoms with Gasteiger partial charge in [0.25, 0.3) is 5.91 Å². The van der Waals surface area contributed by atoms with Gasteiger partial charge in [0.2, 0.25) is 0 Å². The number of hydrogen-bond acceptors (Lipinski definition) is 4. The number of rotatable bonds is 2. The number of morpholine rings is 1. The van der Waals surface area contributed by atoms with Crippen molar-refractivity contribution in [2.45, 2.75) is 31.7 Å². The third kappa shape index (κ3) is 2.11. The zero-order valence-electron chi connectivity index (χ0n) is 12.5. The quantitative estimate of drug-likeness (QED) is 0.831. The average molecular weight is 287 g/mol. The number of anilines is 1. The average Bonchev–Trinajstić information content (AvgIpc) is 2.74. The van der Waals surface area contributed by atoms with Crippen LogP contribution in [-0.4, -0.2) is 49.1 Å². The van der Waals surface area contributed by atoms with Crippen molar-refractivity contribution in [3.8, 4) is 0 Å². The number of carbonyl (C=O) groups is 1. The van der Waals surface area contributed by atoms with Gasteiger partial charge < -0.3 is 14.5 Å². The summed E-state index contributed by atoms with van der Waals surface area (Å²) >= 11 is 0. The molecule has 3 heterocycles. The van der Waals surface area contributed by atoms with E-state index in [1.807, 2.05) is 13.1 Å². The number of fused-ring (bicyclic) bond motifs is 1. The van der Waals surface area contributed by atoms with Crippen molar-refractivity contribution >= 4 is 11.7 Å². The molecule has 0 N–H and O–H groups in total. The summed E-state index contributed by atoms with van der Waals surface area (Å²) < 4.78 is 5.42. The van der Waals surface area contributed by atoms with Gasteiger partial charge in [-0.3, -0.25) is 4.79 Å². The molecule has 112 valence electrons. The van der Waals surface area contributed by atoms with E-state index < -0.39 is 0 Å². The van der Waals surface area contributed by atoms with Crippen LogP contribution in [-0.2, 0) is 11.3 Å². The third-order valence-corrected chi connectivity index (χ3v) is 4.94. The van der Waals surface area contributed by atoms with Gasteiger partial charge in [-0.2, -0.15) is 0 Å². The van der Waals surface area contributed by atoms with Gasteiger partial charge in [0.1, 0.15) is 5.82 Å². The first kappa shape index (κ1) is 13.1. The molecule has 1 aromatic heterocycles. The van der Waals surface area contributed by atoms with E-state index in [-0.39, 0.29) is 5.91 Å². The van der Waals surface area contributed by atoms with Gasteiger partial charge in [0, 0.05) is 38.2 Å². The highest BCUT2D eigenvalue weighted by Crippen LogP contribution is 2.41. The van der Waals surface area contributed by atoms with Crippen LogP contribution in [0.5, 0.6) is 0 Å². The standard InChI is InChI=1S/C16H21N3O2/c1-18-10-13-12(16(18)20)9-14(19-5-7-21-8-6-19)17-15(13)11-3-2-4-11/h9,11H,2-8,10H2,1H3. The second-order valence-corrected chi connectivity index (χ2v) is 6.28. The number of hydrogen-bond donors (Lipinski definition) is 0. The molecule has 5 nitrogen and oxygen atoms in total. The highest BCUT2D eigenvalue weighted by atomic mass is 16.5. The molecule has 0 unspecified atom stereocenters. The van der Waals surface area contributed by atoms with Crippen LogP contribution >= 0.6 is 0 Å². The molecule has 2 aliphatic heterocycles. The molecular weight excluding hydrogens is 266 g/mol. The predicted molar refractivity (Wildman–Crippen MR) is 79.7 cm³/mol. The maximum atomic E-state index is 12.4. The van der Waals surface area contributed by atoms with Gasteiger partial charge >= 0.3 is 0 Å². The Labute approximate surface area is 124 Å². The molecule has 1 aromatic rings. The van der Waals surface area contributed by atoms with E-state index in [1.165, 1.54) is 30.5 Å². The molecule has 2 fully saturated rings. The lowest BCUT2D eigenvalue weighted by Gasteiger charge is -2.31. The van der Waals surface area contributed by atoms with Crippen molar-refractivity contribution < 1.29 is 9.53 Å². The smallest absolute Gasteiger partial charge is 0.254 e. The minimum absolute atomic E-state index is 0.141. The Kier molecular flexibility index (Phi) is 3.10. The van der Waals surface area contributed by atoms with Crippen LogP contribution in [0.25, 0.3) is 0 Å². The van der Waals surface area contributed by atoms with E-state index in [1.54, 1.807) is 4.90 Å². The second-order valence-electron chi connectivity index (χ2n) is 6.28. The molecule has 0 aromatic carbocycles. The molecule has 3 aliphatic rings. The first-order valence-corrected chi connectivity index (χ1v) is 7.86. The summed E-state index contributed by atoms with van der Waals surface area (Å²) in [6.45, 7) is 3.92. The molecule has 0 bridgehead atoms. The molecule has 0 radical (unpaired) electrons. The summed E-state index contributed by atoms with van der Waals surface area (Å²) in [5.74, 6) is 1.66. The van der Waals surface area contributed by atoms with Crippen LogP contribution in [0.3, 0.4) is 0 Å². The lowest BCUT2D eigenvalue weighted by molar-refractivity contribution is 0.0816. The van der Waals surface area contributed by atoms with Crippen LogP contribution in [0.2, 0.25) is 0 Å². The number of pyridine rings is 1. The Morgan fingerprint density at radius 1 is 1.29 bits per heavy atom. The van der Waals surface area contributed by atoms with E-state index in [0.29, 0.717) is 5.92 Å². The maximum absolute atomic E-state index is 12.4. The van der Waals surface area contributed by atoms with E-state index in [4.69, 9.17) is 9.72 Å². The predicted octanol–water partition coefficient (Wildman–Crippen LogP) is 1.77. The van der Waals surface area contributed by atoms with Gasteiger partial charge in [-0.05, 0) is 18.9 Å². The first-order valence-electron chi connectivity index (χ1n) is 7.86. The molecule has 1 saturated carbocycles. The molecule has 1 amide bonds. The van der Waals surface area contributed by atoms with Gasteiger partial charge in [-0.25, -0.2) is 4.98 Å². The monoisotopic (exact) mass is 287 g/mol. The van der Waals surface area contributed by atoms with Crippen molar-refractivity contribution in [3.05, 3.63) is 22.9 Å². The maximum Gasteiger partial charge on any atom is 0.254 e. The highest BCUT2D eigenvalue weighted by molar-refractivity contribution is 5.99. The topological polar surface area (TPSA) is 45.7 Å². The van der Waals surface area contributed by atoms with Crippen LogP contribution in [0.1, 0.15) is 46.8 Å². The fraction of sp³-hybridized carbons (Fsp3) is 0.625. The summed E-state index contributed by atoms with van der Waals surface area (Å²) in [6, 6.07) is 1.99. The van der Waals surface area contributed by atoms with Crippen LogP contribution in [0.15, 0.2) is 6.07 Å². The number of aromatic nitrogens is 1. The van der Waals surface area contributed by atoms with Gasteiger partial charge in [0.05, 0.1) is 24.5 Å². The molecule has 0 spiro atoms. The minimum atomic E-state index is 0.141. The number of carbonyl (C=O) groups excluding carboxylic acids is 1. The fourth-order valence-electron chi connectivity index (χ4n) is 3.42. The summed E-state index contributed by atoms with van der Waals surface area (Å²) in [4.78, 5) is 21.4. The molecule has 21 heavy (non-hydrogen) atoms. The Morgan fingerprint density at radius 2 is 2.05 bits per heavy atom. The first-order chi connectivity index (χ1) is 10.2. The minimum Gasteiger partial charge on any atom is -0.378 e. The zero-order valence-corrected chi connectivity index (χ0v) is 12.5. The van der Waals surface area contributed by atoms with E-state index >= 15 is 0 Å². The molecule has 5 heteroatoms. The lowest BCUT2D eigenvalue weighted by atomic mass is 9.80. The van der Waals surface area contributed by atoms with Crippen LogP contribution in [0.4, 0.5) is 5.82 Å². The van der Waals surface area contributed by atoms with Crippen molar-refractivity contribution in [2.24, 2.45) is 0 Å². The van der Waals surface area contributed by atoms with Crippen molar-refractivity contribution in [1.29, 1.82) is 0 Å². The zero-order chi connectivity index (χ0) is 14.4. The van der Waals surface area contributed by atoms with Gasteiger partial charge in [-0.15, -0.1) is 0 Å². The van der Waals surface area contributed by atoms with Gasteiger partial charge in [-0.1, -0.05) is 6.42 Å². The summed E-state index contributed by atoms with van der Waals surface area (Å²) in [5, 5.41) is 0. The summed E-state index contributed by atoms with van der Waals surface area (Å²) in [6.07, 6.45) is 3.71. The number of amides is 1. The van der Waals surface area contributed by atoms with Crippen molar-refractivity contribution in [1.82, 2.24) is 9.88 Å². The molecule has 1 saturated heterocycles. The van der Waals surface area contributed by atoms with Gasteiger partial charge in [0.15, 0.2) is 0 Å². The van der Waals surface area contributed by atoms with Crippen LogP contribution in [0, 0.1) is 0 Å². The van der Waals surface area contributed by atoms with E-state index in [9.17, 15) is 4.79 Å². The highest BCUT2D eigenvalue weighted by Gasteiger charge is 2.33. The molecular formula is C16H21N3O2. The lowest BCUT2D eigenvalue weighted by Crippen LogP contribution is -2.37. The Morgan fingerprint density at radius 3 is 2.71 bits per heavy atom. The summed E-state index contributed by atoms with van der Waals surface area (Å²) in [5.41, 5.74) is 3.22. The number of nitrogens with zero attached hydrogens (tertiary/aromatic N) is 3. The number of ether oxygens (including phenoxy) is 1. The van der Waals surface area contributed by atoms with Crippen molar-refractivity contribution in [3.63, 3.8) is 0 Å². The summed E-state index contributed by atoms with van der Waals surface area (Å²) in [7, 11) is 1.88. The Balaban J connectivity index is 1.76. The second kappa shape index (κ2) is 4.98. The van der Waals surface area contributed by atoms with E-state index in [2.05, 4.69) is 4.90 Å².